The van der Waals surface area contributed by atoms with Gasteiger partial charge in [-0.15, -0.1) is 0 Å². The molecule has 37 heavy (non-hydrogen) atoms. The Morgan fingerprint density at radius 1 is 0.973 bits per heavy atom. The smallest absolute Gasteiger partial charge is 0.264 e. The van der Waals surface area contributed by atoms with Crippen LogP contribution in [0.15, 0.2) is 94.9 Å². The van der Waals surface area contributed by atoms with E-state index in [0.29, 0.717) is 10.7 Å². The zero-order chi connectivity index (χ0) is 26.6. The number of rotatable bonds is 8. The van der Waals surface area contributed by atoms with E-state index in [4.69, 9.17) is 11.6 Å². The Morgan fingerprint density at radius 3 is 2.30 bits per heavy atom. The predicted molar refractivity (Wildman–Crippen MR) is 148 cm³/mol. The first-order valence-corrected chi connectivity index (χ1v) is 13.4. The number of hydrazone groups is 1. The molecule has 7 nitrogen and oxygen atoms in total. The Kier molecular flexibility index (Phi) is 7.80. The summed E-state index contributed by atoms with van der Waals surface area (Å²) in [5, 5.41) is 4.77. The van der Waals surface area contributed by atoms with Crippen LogP contribution in [0.1, 0.15) is 22.5 Å². The molecule has 0 aliphatic rings. The molecule has 0 fully saturated rings. The van der Waals surface area contributed by atoms with Crippen LogP contribution in [0.3, 0.4) is 0 Å². The molecule has 1 aromatic heterocycles. The fraction of sp³-hybridized carbons (Fsp3) is 0.143. The zero-order valence-corrected chi connectivity index (χ0v) is 22.3. The van der Waals surface area contributed by atoms with Crippen molar-refractivity contribution >= 4 is 39.4 Å². The van der Waals surface area contributed by atoms with Gasteiger partial charge in [0.05, 0.1) is 16.8 Å². The summed E-state index contributed by atoms with van der Waals surface area (Å²) in [6, 6.07) is 24.5. The zero-order valence-electron chi connectivity index (χ0n) is 20.7. The Morgan fingerprint density at radius 2 is 1.62 bits per heavy atom. The van der Waals surface area contributed by atoms with Gasteiger partial charge in [0.2, 0.25) is 0 Å². The van der Waals surface area contributed by atoms with Crippen molar-refractivity contribution < 1.29 is 13.2 Å². The van der Waals surface area contributed by atoms with E-state index in [1.807, 2.05) is 50.2 Å². The fourth-order valence-electron chi connectivity index (χ4n) is 4.11. The molecule has 1 amide bonds. The van der Waals surface area contributed by atoms with Gasteiger partial charge in [-0.1, -0.05) is 48.0 Å². The maximum absolute atomic E-state index is 13.5. The van der Waals surface area contributed by atoms with E-state index in [-0.39, 0.29) is 4.90 Å². The van der Waals surface area contributed by atoms with Crippen molar-refractivity contribution in [2.45, 2.75) is 25.7 Å². The lowest BCUT2D eigenvalue weighted by atomic mass is 10.2. The third-order valence-electron chi connectivity index (χ3n) is 5.95. The van der Waals surface area contributed by atoms with Gasteiger partial charge in [-0.25, -0.2) is 13.8 Å². The van der Waals surface area contributed by atoms with E-state index in [1.54, 1.807) is 49.5 Å². The van der Waals surface area contributed by atoms with Crippen LogP contribution < -0.4 is 9.73 Å². The van der Waals surface area contributed by atoms with Gasteiger partial charge in [0.15, 0.2) is 0 Å². The average Bonchev–Trinajstić information content (AvgIpc) is 3.17. The quantitative estimate of drug-likeness (QED) is 0.242. The number of anilines is 1. The highest BCUT2D eigenvalue weighted by Crippen LogP contribution is 2.26. The van der Waals surface area contributed by atoms with E-state index in [1.165, 1.54) is 12.1 Å². The lowest BCUT2D eigenvalue weighted by Gasteiger charge is -2.25. The second-order valence-corrected chi connectivity index (χ2v) is 10.8. The Hall–Kier alpha value is -3.88. The van der Waals surface area contributed by atoms with Crippen LogP contribution >= 0.6 is 11.6 Å². The number of aryl methyl sites for hydroxylation is 2. The molecular weight excluding hydrogens is 508 g/mol. The molecule has 190 valence electrons. The average molecular weight is 535 g/mol. The van der Waals surface area contributed by atoms with Gasteiger partial charge in [0, 0.05) is 27.7 Å². The summed E-state index contributed by atoms with van der Waals surface area (Å²) >= 11 is 6.02. The van der Waals surface area contributed by atoms with Crippen molar-refractivity contribution in [2.24, 2.45) is 5.10 Å². The molecule has 1 N–H and O–H groups in total. The molecular formula is C28H27ClN4O3S. The van der Waals surface area contributed by atoms with Crippen LogP contribution in [0.2, 0.25) is 5.02 Å². The second-order valence-electron chi connectivity index (χ2n) is 8.54. The molecule has 0 atom stereocenters. The monoisotopic (exact) mass is 534 g/mol. The first kappa shape index (κ1) is 26.2. The molecule has 0 radical (unpaired) electrons. The number of nitrogens with zero attached hydrogens (tertiary/aromatic N) is 3. The lowest BCUT2D eigenvalue weighted by Crippen LogP contribution is -2.40. The van der Waals surface area contributed by atoms with Crippen molar-refractivity contribution in [1.29, 1.82) is 0 Å². The summed E-state index contributed by atoms with van der Waals surface area (Å²) < 4.78 is 30.1. The number of hydrogen-bond acceptors (Lipinski definition) is 4. The van der Waals surface area contributed by atoms with Crippen molar-refractivity contribution in [2.75, 3.05) is 10.8 Å². The normalized spacial score (nSPS) is 11.6. The van der Waals surface area contributed by atoms with E-state index in [2.05, 4.69) is 15.1 Å². The minimum absolute atomic E-state index is 0.101. The van der Waals surface area contributed by atoms with Crippen LogP contribution in [0.5, 0.6) is 0 Å². The van der Waals surface area contributed by atoms with Crippen LogP contribution in [0, 0.1) is 20.8 Å². The van der Waals surface area contributed by atoms with Gasteiger partial charge >= 0.3 is 0 Å². The molecule has 3 aromatic carbocycles. The van der Waals surface area contributed by atoms with Crippen molar-refractivity contribution in [3.8, 4) is 5.69 Å². The molecule has 1 heterocycles. The minimum Gasteiger partial charge on any atom is -0.318 e. The van der Waals surface area contributed by atoms with Crippen molar-refractivity contribution in [1.82, 2.24) is 9.99 Å². The molecule has 4 rings (SSSR count). The lowest BCUT2D eigenvalue weighted by molar-refractivity contribution is -0.119. The van der Waals surface area contributed by atoms with Gasteiger partial charge in [0.25, 0.3) is 15.9 Å². The van der Waals surface area contributed by atoms with Crippen molar-refractivity contribution in [3.63, 3.8) is 0 Å². The third-order valence-corrected chi connectivity index (χ3v) is 7.98. The summed E-state index contributed by atoms with van der Waals surface area (Å²) in [7, 11) is -3.98. The molecule has 4 aromatic rings. The summed E-state index contributed by atoms with van der Waals surface area (Å²) in [4.78, 5) is 13.0. The number of halogens is 1. The summed E-state index contributed by atoms with van der Waals surface area (Å²) in [6.45, 7) is 5.31. The Labute approximate surface area is 222 Å². The summed E-state index contributed by atoms with van der Waals surface area (Å²) in [5.41, 5.74) is 7.34. The van der Waals surface area contributed by atoms with Gasteiger partial charge < -0.3 is 4.57 Å². The van der Waals surface area contributed by atoms with Crippen LogP contribution in [0.4, 0.5) is 5.69 Å². The molecule has 0 saturated heterocycles. The van der Waals surface area contributed by atoms with E-state index >= 15 is 0 Å². The minimum atomic E-state index is -3.98. The number of amides is 1. The Balaban J connectivity index is 1.55. The SMILES string of the molecule is Cc1ccccc1N(CC(=O)N/N=C\c1cc(C)n(-c2ccc(Cl)cc2)c1C)S(=O)(=O)c1ccccc1. The third kappa shape index (κ3) is 5.76. The fourth-order valence-corrected chi connectivity index (χ4v) is 5.74. The number of benzene rings is 3. The highest BCUT2D eigenvalue weighted by Gasteiger charge is 2.28. The number of nitrogens with one attached hydrogen (secondary N) is 1. The van der Waals surface area contributed by atoms with E-state index in [0.717, 1.165) is 32.5 Å². The number of sulfonamides is 1. The van der Waals surface area contributed by atoms with Crippen LogP contribution in [0.25, 0.3) is 5.69 Å². The van der Waals surface area contributed by atoms with Crippen molar-refractivity contribution in [3.05, 3.63) is 112 Å². The Bertz CT molecular complexity index is 1550. The number of carbonyl (C=O) groups is 1. The predicted octanol–water partition coefficient (Wildman–Crippen LogP) is 5.40. The van der Waals surface area contributed by atoms with Gasteiger partial charge in [-0.05, 0) is 74.9 Å². The maximum atomic E-state index is 13.5. The number of para-hydroxylation sites is 1. The molecule has 0 saturated carbocycles. The largest absolute Gasteiger partial charge is 0.318 e. The molecule has 0 bridgehead atoms. The van der Waals surface area contributed by atoms with Crippen LogP contribution in [-0.4, -0.2) is 31.7 Å². The van der Waals surface area contributed by atoms with Gasteiger partial charge in [-0.3, -0.25) is 9.10 Å². The van der Waals surface area contributed by atoms with Gasteiger partial charge in [0.1, 0.15) is 6.54 Å². The molecule has 0 aliphatic heterocycles. The molecule has 9 heteroatoms. The molecule has 0 unspecified atom stereocenters. The van der Waals surface area contributed by atoms with Crippen LogP contribution in [-0.2, 0) is 14.8 Å². The summed E-state index contributed by atoms with van der Waals surface area (Å²) in [6.07, 6.45) is 1.55. The van der Waals surface area contributed by atoms with E-state index in [9.17, 15) is 13.2 Å². The summed E-state index contributed by atoms with van der Waals surface area (Å²) in [5.74, 6) is -0.564. The standard InChI is InChI=1S/C28H27ClN4O3S/c1-20-9-7-8-12-27(20)32(37(35,36)26-10-5-4-6-11-26)19-28(34)31-30-18-23-17-21(2)33(22(23)3)25-15-13-24(29)14-16-25/h4-18H,19H2,1-3H3,(H,31,34)/b30-18-. The van der Waals surface area contributed by atoms with E-state index < -0.39 is 22.5 Å². The number of carbonyl (C=O) groups excluding carboxylic acids is 1. The number of aromatic nitrogens is 1. The highest BCUT2D eigenvalue weighted by atomic mass is 35.5. The maximum Gasteiger partial charge on any atom is 0.264 e. The molecule has 0 aliphatic carbocycles. The number of hydrogen-bond donors (Lipinski definition) is 1. The topological polar surface area (TPSA) is 83.8 Å². The van der Waals surface area contributed by atoms with Gasteiger partial charge in [-0.2, -0.15) is 5.10 Å². The molecule has 0 spiro atoms. The first-order chi connectivity index (χ1) is 17.7. The second kappa shape index (κ2) is 11.0. The highest BCUT2D eigenvalue weighted by molar-refractivity contribution is 7.92. The first-order valence-electron chi connectivity index (χ1n) is 11.6.